The lowest BCUT2D eigenvalue weighted by molar-refractivity contribution is 0.597. The molecule has 22 heavy (non-hydrogen) atoms. The Morgan fingerprint density at radius 2 is 2.05 bits per heavy atom. The number of thiophene rings is 1. The highest BCUT2D eigenvalue weighted by molar-refractivity contribution is 7.93. The maximum atomic E-state index is 12.1. The summed E-state index contributed by atoms with van der Waals surface area (Å²) in [6.07, 6.45) is 0. The largest absolute Gasteiger partial charge is 0.278 e. The normalized spacial score (nSPS) is 18.3. The van der Waals surface area contributed by atoms with Crippen LogP contribution in [0.4, 0.5) is 11.4 Å². The van der Waals surface area contributed by atoms with Crippen molar-refractivity contribution in [2.24, 2.45) is 5.10 Å². The average molecular weight is 376 g/mol. The van der Waals surface area contributed by atoms with Crippen molar-refractivity contribution in [2.45, 2.75) is 0 Å². The van der Waals surface area contributed by atoms with Gasteiger partial charge in [-0.2, -0.15) is 5.10 Å². The Balaban J connectivity index is 1.94. The molecule has 5 nitrogen and oxygen atoms in total. The molecule has 1 aliphatic rings. The van der Waals surface area contributed by atoms with E-state index in [0.717, 1.165) is 4.88 Å². The Labute approximate surface area is 142 Å². The molecule has 0 atom stereocenters. The van der Waals surface area contributed by atoms with Crippen molar-refractivity contribution in [1.29, 1.82) is 0 Å². The summed E-state index contributed by atoms with van der Waals surface area (Å²) in [4.78, 5) is 0.838. The third-order valence-electron chi connectivity index (χ3n) is 3.22. The van der Waals surface area contributed by atoms with Crippen LogP contribution in [0.15, 0.2) is 34.7 Å². The van der Waals surface area contributed by atoms with E-state index in [9.17, 15) is 8.42 Å². The number of halogens is 2. The highest BCUT2D eigenvalue weighted by Crippen LogP contribution is 2.33. The topological polar surface area (TPSA) is 61.8 Å². The molecule has 0 spiro atoms. The number of nitrogens with zero attached hydrogens (tertiary/aromatic N) is 2. The lowest BCUT2D eigenvalue weighted by Gasteiger charge is -2.25. The molecule has 0 aliphatic carbocycles. The fraction of sp³-hybridized carbons (Fsp3) is 0.154. The van der Waals surface area contributed by atoms with Gasteiger partial charge in [0, 0.05) is 7.05 Å². The zero-order valence-corrected chi connectivity index (χ0v) is 14.5. The van der Waals surface area contributed by atoms with Crippen molar-refractivity contribution in [3.63, 3.8) is 0 Å². The van der Waals surface area contributed by atoms with Gasteiger partial charge in [0.15, 0.2) is 0 Å². The molecule has 0 saturated heterocycles. The van der Waals surface area contributed by atoms with Crippen LogP contribution in [0.25, 0.3) is 0 Å². The molecule has 1 aliphatic heterocycles. The van der Waals surface area contributed by atoms with E-state index in [1.165, 1.54) is 15.6 Å². The van der Waals surface area contributed by atoms with Gasteiger partial charge in [0.1, 0.15) is 5.75 Å². The van der Waals surface area contributed by atoms with Crippen molar-refractivity contribution in [1.82, 2.24) is 0 Å². The van der Waals surface area contributed by atoms with Crippen LogP contribution in [-0.4, -0.2) is 26.9 Å². The Morgan fingerprint density at radius 1 is 1.27 bits per heavy atom. The zero-order chi connectivity index (χ0) is 15.9. The zero-order valence-electron chi connectivity index (χ0n) is 11.4. The average Bonchev–Trinajstić information content (AvgIpc) is 2.94. The minimum absolute atomic E-state index is 0.147. The smallest absolute Gasteiger partial charge is 0.240 e. The predicted octanol–water partition coefficient (Wildman–Crippen LogP) is 3.65. The first kappa shape index (κ1) is 15.6. The number of nitrogens with one attached hydrogen (secondary N) is 1. The molecule has 2 aromatic rings. The van der Waals surface area contributed by atoms with Crippen LogP contribution in [-0.2, 0) is 10.0 Å². The first-order valence-electron chi connectivity index (χ1n) is 6.20. The predicted molar refractivity (Wildman–Crippen MR) is 93.1 cm³/mol. The van der Waals surface area contributed by atoms with Crippen LogP contribution < -0.4 is 9.73 Å². The highest BCUT2D eigenvalue weighted by atomic mass is 35.5. The fourth-order valence-corrected chi connectivity index (χ4v) is 4.59. The number of anilines is 2. The Hall–Kier alpha value is -1.28. The Kier molecular flexibility index (Phi) is 4.07. The molecular weight excluding hydrogens is 365 g/mol. The molecule has 116 valence electrons. The minimum atomic E-state index is -3.39. The number of fused-ring (bicyclic) bond motifs is 1. The van der Waals surface area contributed by atoms with Crippen LogP contribution in [0.5, 0.6) is 0 Å². The maximum absolute atomic E-state index is 12.1. The quantitative estimate of drug-likeness (QED) is 0.814. The number of hydrazone groups is 1. The second-order valence-corrected chi connectivity index (χ2v) is 8.39. The summed E-state index contributed by atoms with van der Waals surface area (Å²) in [5.41, 5.74) is 4.59. The first-order chi connectivity index (χ1) is 10.4. The first-order valence-corrected chi connectivity index (χ1v) is 9.45. The van der Waals surface area contributed by atoms with E-state index in [1.54, 1.807) is 31.3 Å². The number of rotatable bonds is 2. The molecule has 0 radical (unpaired) electrons. The van der Waals surface area contributed by atoms with E-state index in [2.05, 4.69) is 10.5 Å². The van der Waals surface area contributed by atoms with Crippen molar-refractivity contribution >= 4 is 61.6 Å². The third-order valence-corrected chi connectivity index (χ3v) is 6.58. The van der Waals surface area contributed by atoms with E-state index < -0.39 is 10.0 Å². The van der Waals surface area contributed by atoms with E-state index in [0.29, 0.717) is 27.1 Å². The lowest BCUT2D eigenvalue weighted by Crippen LogP contribution is -2.37. The van der Waals surface area contributed by atoms with Gasteiger partial charge in [0.05, 0.1) is 32.0 Å². The SMILES string of the molecule is CN1c2ccsc2/C(=N\Nc2ccc(Cl)c(Cl)c2)CS1(=O)=O. The van der Waals surface area contributed by atoms with Gasteiger partial charge in [0.2, 0.25) is 10.0 Å². The standard InChI is InChI=1S/C13H11Cl2N3O2S2/c1-18-12-4-5-21-13(12)11(7-22(18,19)20)17-16-8-2-3-9(14)10(15)6-8/h2-6,16H,7H2,1H3/b17-11-. The molecule has 0 unspecified atom stereocenters. The summed E-state index contributed by atoms with van der Waals surface area (Å²) >= 11 is 13.3. The number of hydrogen-bond donors (Lipinski definition) is 1. The summed E-state index contributed by atoms with van der Waals surface area (Å²) < 4.78 is 25.6. The summed E-state index contributed by atoms with van der Waals surface area (Å²) in [6.45, 7) is 0. The van der Waals surface area contributed by atoms with Gasteiger partial charge in [-0.1, -0.05) is 23.2 Å². The summed E-state index contributed by atoms with van der Waals surface area (Å²) in [5, 5.41) is 6.93. The van der Waals surface area contributed by atoms with Crippen molar-refractivity contribution < 1.29 is 8.42 Å². The van der Waals surface area contributed by atoms with Crippen molar-refractivity contribution in [3.8, 4) is 0 Å². The van der Waals surface area contributed by atoms with E-state index >= 15 is 0 Å². The van der Waals surface area contributed by atoms with Crippen molar-refractivity contribution in [3.05, 3.63) is 44.6 Å². The van der Waals surface area contributed by atoms with Gasteiger partial charge in [0.25, 0.3) is 0 Å². The van der Waals surface area contributed by atoms with Gasteiger partial charge in [-0.25, -0.2) is 8.42 Å². The van der Waals surface area contributed by atoms with Crippen LogP contribution in [0.2, 0.25) is 10.0 Å². The molecule has 2 heterocycles. The molecule has 1 aromatic carbocycles. The van der Waals surface area contributed by atoms with Gasteiger partial charge in [-0.05, 0) is 29.6 Å². The minimum Gasteiger partial charge on any atom is -0.278 e. The second kappa shape index (κ2) is 5.73. The summed E-state index contributed by atoms with van der Waals surface area (Å²) in [5.74, 6) is -0.147. The second-order valence-electron chi connectivity index (χ2n) is 4.66. The van der Waals surface area contributed by atoms with Gasteiger partial charge >= 0.3 is 0 Å². The fourth-order valence-electron chi connectivity index (χ4n) is 2.03. The third kappa shape index (κ3) is 2.81. The molecule has 9 heteroatoms. The molecule has 1 N–H and O–H groups in total. The number of benzene rings is 1. The van der Waals surface area contributed by atoms with Crippen LogP contribution in [0, 0.1) is 0 Å². The van der Waals surface area contributed by atoms with Crippen LogP contribution in [0.3, 0.4) is 0 Å². The Morgan fingerprint density at radius 3 is 2.77 bits per heavy atom. The molecule has 3 rings (SSSR count). The summed E-state index contributed by atoms with van der Waals surface area (Å²) in [6, 6.07) is 6.77. The number of hydrogen-bond acceptors (Lipinski definition) is 5. The maximum Gasteiger partial charge on any atom is 0.240 e. The van der Waals surface area contributed by atoms with Gasteiger partial charge in [-0.15, -0.1) is 11.3 Å². The monoisotopic (exact) mass is 375 g/mol. The lowest BCUT2D eigenvalue weighted by atomic mass is 10.3. The van der Waals surface area contributed by atoms with Gasteiger partial charge in [-0.3, -0.25) is 9.73 Å². The molecule has 0 bridgehead atoms. The van der Waals surface area contributed by atoms with E-state index in [4.69, 9.17) is 23.2 Å². The molecule has 0 saturated carbocycles. The summed E-state index contributed by atoms with van der Waals surface area (Å²) in [7, 11) is -1.85. The molecule has 0 fully saturated rings. The highest BCUT2D eigenvalue weighted by Gasteiger charge is 2.32. The molecular formula is C13H11Cl2N3O2S2. The molecule has 0 amide bonds. The van der Waals surface area contributed by atoms with Gasteiger partial charge < -0.3 is 0 Å². The van der Waals surface area contributed by atoms with E-state index in [1.807, 2.05) is 5.38 Å². The molecule has 1 aromatic heterocycles. The Bertz CT molecular complexity index is 862. The van der Waals surface area contributed by atoms with E-state index in [-0.39, 0.29) is 5.75 Å². The van der Waals surface area contributed by atoms with Crippen LogP contribution >= 0.6 is 34.5 Å². The number of sulfonamides is 1. The van der Waals surface area contributed by atoms with Crippen LogP contribution in [0.1, 0.15) is 4.88 Å². The van der Waals surface area contributed by atoms with Crippen molar-refractivity contribution in [2.75, 3.05) is 22.5 Å².